The minimum atomic E-state index is 0.837. The molecular weight excluding hydrogens is 237 g/mol. The lowest BCUT2D eigenvalue weighted by molar-refractivity contribution is 1.26. The van der Waals surface area contributed by atoms with Gasteiger partial charge < -0.3 is 10.1 Å². The third-order valence-electron chi connectivity index (χ3n) is 2.52. The predicted octanol–water partition coefficient (Wildman–Crippen LogP) is 2.99. The van der Waals surface area contributed by atoms with Gasteiger partial charge in [0.05, 0.1) is 5.00 Å². The highest BCUT2D eigenvalue weighted by Crippen LogP contribution is 2.33. The first-order valence-corrected chi connectivity index (χ1v) is 6.21. The quantitative estimate of drug-likeness (QED) is 0.672. The molecule has 0 fully saturated rings. The van der Waals surface area contributed by atoms with Crippen molar-refractivity contribution in [3.05, 3.63) is 36.0 Å². The van der Waals surface area contributed by atoms with E-state index in [2.05, 4.69) is 32.0 Å². The molecule has 3 aromatic heterocycles. The van der Waals surface area contributed by atoms with E-state index < -0.39 is 0 Å². The van der Waals surface area contributed by atoms with Crippen LogP contribution in [0, 0.1) is 0 Å². The van der Waals surface area contributed by atoms with Gasteiger partial charge in [0.2, 0.25) is 0 Å². The van der Waals surface area contributed by atoms with E-state index in [1.165, 1.54) is 5.56 Å². The molecule has 2 N–H and O–H groups in total. The van der Waals surface area contributed by atoms with E-state index in [4.69, 9.17) is 5.73 Å². The number of aromatic nitrogens is 2. The largest absolute Gasteiger partial charge is 0.391 e. The number of rotatable bonds is 1. The van der Waals surface area contributed by atoms with Crippen molar-refractivity contribution in [2.75, 3.05) is 5.73 Å². The molecule has 3 heterocycles. The molecule has 0 radical (unpaired) electrons. The first kappa shape index (κ1) is 9.82. The fourth-order valence-corrected chi connectivity index (χ4v) is 2.81. The van der Waals surface area contributed by atoms with Crippen LogP contribution in [0.4, 0.5) is 5.00 Å². The van der Waals surface area contributed by atoms with Crippen LogP contribution in [0.2, 0.25) is 0 Å². The number of fused-ring (bicyclic) bond motifs is 1. The zero-order valence-corrected chi connectivity index (χ0v) is 10.4. The van der Waals surface area contributed by atoms with Gasteiger partial charge in [-0.3, -0.25) is 0 Å². The molecule has 0 saturated carbocycles. The Hall–Kier alpha value is -1.38. The van der Waals surface area contributed by atoms with Crippen molar-refractivity contribution in [1.82, 2.24) is 9.32 Å². The third-order valence-corrected chi connectivity index (χ3v) is 3.68. The van der Waals surface area contributed by atoms with Crippen LogP contribution in [0.15, 0.2) is 36.0 Å². The van der Waals surface area contributed by atoms with Crippen LogP contribution in [0.1, 0.15) is 0 Å². The van der Waals surface area contributed by atoms with E-state index in [1.807, 2.05) is 16.5 Å². The number of nitrogen functional groups attached to an aromatic ring is 1. The van der Waals surface area contributed by atoms with Crippen molar-refractivity contribution in [3.63, 3.8) is 0 Å². The van der Waals surface area contributed by atoms with Gasteiger partial charge in [-0.2, -0.15) is 0 Å². The molecule has 16 heavy (non-hydrogen) atoms. The van der Waals surface area contributed by atoms with Gasteiger partial charge in [0.25, 0.3) is 0 Å². The first-order valence-electron chi connectivity index (χ1n) is 4.81. The van der Waals surface area contributed by atoms with Crippen LogP contribution < -0.4 is 5.73 Å². The average molecular weight is 247 g/mol. The van der Waals surface area contributed by atoms with Crippen molar-refractivity contribution < 1.29 is 0 Å². The Morgan fingerprint density at radius 1 is 1.44 bits per heavy atom. The van der Waals surface area contributed by atoms with Crippen LogP contribution in [-0.2, 0) is 0 Å². The van der Waals surface area contributed by atoms with Gasteiger partial charge in [0.1, 0.15) is 5.65 Å². The van der Waals surface area contributed by atoms with E-state index in [9.17, 15) is 0 Å². The Morgan fingerprint density at radius 2 is 2.31 bits per heavy atom. The third kappa shape index (κ3) is 1.42. The molecule has 0 bridgehead atoms. The molecule has 80 valence electrons. The fourth-order valence-electron chi connectivity index (χ4n) is 1.81. The number of nitrogens with two attached hydrogens (primary N) is 1. The lowest BCUT2D eigenvalue weighted by Gasteiger charge is -1.93. The number of hydrogen-bond acceptors (Lipinski definition) is 3. The Balaban J connectivity index is 2.32. The molecule has 3 aromatic rings. The van der Waals surface area contributed by atoms with Crippen molar-refractivity contribution in [2.24, 2.45) is 0 Å². The maximum absolute atomic E-state index is 5.76. The van der Waals surface area contributed by atoms with Gasteiger partial charge in [0.15, 0.2) is 0 Å². The Labute approximate surface area is 99.2 Å². The summed E-state index contributed by atoms with van der Waals surface area (Å²) in [7, 11) is 2.65. The maximum Gasteiger partial charge on any atom is 0.143 e. The molecule has 5 heteroatoms. The van der Waals surface area contributed by atoms with E-state index in [0.717, 1.165) is 21.6 Å². The predicted molar refractivity (Wildman–Crippen MR) is 72.6 cm³/mol. The summed E-state index contributed by atoms with van der Waals surface area (Å²) in [6.07, 6.45) is 3.86. The van der Waals surface area contributed by atoms with Gasteiger partial charge in [-0.15, -0.1) is 11.3 Å². The summed E-state index contributed by atoms with van der Waals surface area (Å²) in [4.78, 5) is 4.35. The molecule has 0 saturated heterocycles. The molecule has 1 atom stereocenters. The molecule has 0 aliphatic heterocycles. The number of anilines is 1. The summed E-state index contributed by atoms with van der Waals surface area (Å²) in [5.41, 5.74) is 9.05. The van der Waals surface area contributed by atoms with Crippen molar-refractivity contribution >= 4 is 36.8 Å². The monoisotopic (exact) mass is 247 g/mol. The van der Waals surface area contributed by atoms with Gasteiger partial charge in [-0.25, -0.2) is 4.98 Å². The maximum atomic E-state index is 5.76. The minimum Gasteiger partial charge on any atom is -0.391 e. The minimum absolute atomic E-state index is 0.837. The van der Waals surface area contributed by atoms with Crippen LogP contribution in [0.3, 0.4) is 0 Å². The molecular formula is C11H10N3PS. The highest BCUT2D eigenvalue weighted by molar-refractivity contribution is 7.15. The topological polar surface area (TPSA) is 43.8 Å². The summed E-state index contributed by atoms with van der Waals surface area (Å²) in [5, 5.41) is 4.06. The molecule has 0 aromatic carbocycles. The van der Waals surface area contributed by atoms with Crippen molar-refractivity contribution in [1.29, 1.82) is 0 Å². The van der Waals surface area contributed by atoms with Crippen LogP contribution in [0.25, 0.3) is 22.2 Å². The first-order chi connectivity index (χ1) is 7.75. The van der Waals surface area contributed by atoms with Gasteiger partial charge >= 0.3 is 0 Å². The van der Waals surface area contributed by atoms with Gasteiger partial charge in [-0.05, 0) is 33.2 Å². The highest BCUT2D eigenvalue weighted by Gasteiger charge is 2.09. The van der Waals surface area contributed by atoms with Crippen LogP contribution >= 0.6 is 20.7 Å². The second-order valence-corrected chi connectivity index (χ2v) is 5.06. The zero-order chi connectivity index (χ0) is 11.1. The fraction of sp³-hybridized carbons (Fsp3) is 0. The lowest BCUT2D eigenvalue weighted by Crippen LogP contribution is -1.78. The number of nitrogens with zero attached hydrogens (tertiary/aromatic N) is 2. The highest BCUT2D eigenvalue weighted by atomic mass is 32.1. The lowest BCUT2D eigenvalue weighted by atomic mass is 10.1. The smallest absolute Gasteiger partial charge is 0.143 e. The molecule has 0 spiro atoms. The average Bonchev–Trinajstić information content (AvgIpc) is 2.84. The summed E-state index contributed by atoms with van der Waals surface area (Å²) in [6, 6.07) is 6.02. The normalized spacial score (nSPS) is 11.1. The summed E-state index contributed by atoms with van der Waals surface area (Å²) < 4.78 is 1.96. The molecule has 0 amide bonds. The Bertz CT molecular complexity index is 656. The van der Waals surface area contributed by atoms with Crippen molar-refractivity contribution in [2.45, 2.75) is 0 Å². The standard InChI is InChI=1S/C11H10N3PS/c12-10-4-7(6-16-10)9-5-14(15)11-8(9)2-1-3-13-11/h1-6H,12,15H2. The van der Waals surface area contributed by atoms with E-state index in [1.54, 1.807) is 17.5 Å². The van der Waals surface area contributed by atoms with E-state index >= 15 is 0 Å². The summed E-state index contributed by atoms with van der Waals surface area (Å²) >= 11 is 1.56. The molecule has 3 rings (SSSR count). The van der Waals surface area contributed by atoms with E-state index in [-0.39, 0.29) is 0 Å². The number of pyridine rings is 1. The number of thiophene rings is 1. The molecule has 0 aliphatic carbocycles. The van der Waals surface area contributed by atoms with Crippen molar-refractivity contribution in [3.8, 4) is 11.1 Å². The second kappa shape index (κ2) is 3.58. The molecule has 0 aliphatic rings. The summed E-state index contributed by atoms with van der Waals surface area (Å²) in [5.74, 6) is 0. The van der Waals surface area contributed by atoms with E-state index in [0.29, 0.717) is 0 Å². The molecule has 3 nitrogen and oxygen atoms in total. The van der Waals surface area contributed by atoms with Crippen LogP contribution in [-0.4, -0.2) is 9.32 Å². The second-order valence-electron chi connectivity index (χ2n) is 3.56. The van der Waals surface area contributed by atoms with Crippen LogP contribution in [0.5, 0.6) is 0 Å². The summed E-state index contributed by atoms with van der Waals surface area (Å²) in [6.45, 7) is 0. The number of hydrogen-bond donors (Lipinski definition) is 1. The SMILES string of the molecule is Nc1cc(-c2cn(P)c3ncccc23)cs1. The molecule has 1 unspecified atom stereocenters. The zero-order valence-electron chi connectivity index (χ0n) is 8.42. The van der Waals surface area contributed by atoms with Gasteiger partial charge in [0, 0.05) is 28.7 Å². The Morgan fingerprint density at radius 3 is 3.06 bits per heavy atom. The Kier molecular flexibility index (Phi) is 2.20. The van der Waals surface area contributed by atoms with Gasteiger partial charge in [-0.1, -0.05) is 0 Å².